The zero-order valence-electron chi connectivity index (χ0n) is 11.4. The number of rotatable bonds is 4. The van der Waals surface area contributed by atoms with Gasteiger partial charge in [-0.05, 0) is 6.07 Å². The summed E-state index contributed by atoms with van der Waals surface area (Å²) in [7, 11) is 0. The summed E-state index contributed by atoms with van der Waals surface area (Å²) >= 11 is 5.87. The Kier molecular flexibility index (Phi) is 4.64. The van der Waals surface area contributed by atoms with E-state index in [9.17, 15) is 29.5 Å². The van der Waals surface area contributed by atoms with Gasteiger partial charge in [-0.25, -0.2) is 9.59 Å². The van der Waals surface area contributed by atoms with Crippen LogP contribution in [-0.2, 0) is 30.6 Å². The highest BCUT2D eigenvalue weighted by Gasteiger charge is 2.61. The molecule has 1 aromatic rings. The minimum absolute atomic E-state index is 0.261. The first kappa shape index (κ1) is 16.9. The van der Waals surface area contributed by atoms with E-state index in [1.807, 2.05) is 0 Å². The average Bonchev–Trinajstić information content (AvgIpc) is 2.70. The van der Waals surface area contributed by atoms with Crippen molar-refractivity contribution in [3.63, 3.8) is 0 Å². The SMILES string of the molecule is O=C([O-])O[N+]1(O)C(=O)CC(C(=O)OCc2ccccc2Cl)C1=O. The third-order valence-corrected chi connectivity index (χ3v) is 3.50. The summed E-state index contributed by atoms with van der Waals surface area (Å²) in [4.78, 5) is 46.9. The quantitative estimate of drug-likeness (QED) is 0.264. The summed E-state index contributed by atoms with van der Waals surface area (Å²) in [5.74, 6) is -5.59. The summed E-state index contributed by atoms with van der Waals surface area (Å²) in [6.45, 7) is -0.261. The molecule has 2 rings (SSSR count). The van der Waals surface area contributed by atoms with Crippen molar-refractivity contribution in [1.82, 2.24) is 0 Å². The molecule has 1 fully saturated rings. The Balaban J connectivity index is 2.06. The van der Waals surface area contributed by atoms with Crippen LogP contribution in [0, 0.1) is 5.92 Å². The maximum atomic E-state index is 11.9. The van der Waals surface area contributed by atoms with E-state index >= 15 is 0 Å². The minimum atomic E-state index is -2.49. The molecule has 0 bridgehead atoms. The zero-order chi connectivity index (χ0) is 17.2. The monoisotopic (exact) mass is 343 g/mol. The van der Waals surface area contributed by atoms with Crippen LogP contribution in [0.25, 0.3) is 0 Å². The number of carbonyl (C=O) groups excluding carboxylic acids is 4. The molecule has 2 amide bonds. The first-order valence-corrected chi connectivity index (χ1v) is 6.63. The highest BCUT2D eigenvalue weighted by atomic mass is 35.5. The fourth-order valence-electron chi connectivity index (χ4n) is 1.97. The van der Waals surface area contributed by atoms with Gasteiger partial charge in [-0.1, -0.05) is 29.8 Å². The molecule has 0 radical (unpaired) electrons. The number of hydrogen-bond donors (Lipinski definition) is 1. The molecule has 10 heteroatoms. The molecule has 2 atom stereocenters. The summed E-state index contributed by atoms with van der Waals surface area (Å²) in [5, 5.41) is 20.3. The number of carbonyl (C=O) groups is 4. The maximum Gasteiger partial charge on any atom is 0.400 e. The average molecular weight is 344 g/mol. The number of ether oxygens (including phenoxy) is 1. The van der Waals surface area contributed by atoms with Crippen molar-refractivity contribution in [2.45, 2.75) is 13.0 Å². The Morgan fingerprint density at radius 2 is 2.00 bits per heavy atom. The molecule has 9 nitrogen and oxygen atoms in total. The number of hydroxylamine groups is 4. The van der Waals surface area contributed by atoms with Gasteiger partial charge in [0.2, 0.25) is 0 Å². The van der Waals surface area contributed by atoms with Crippen LogP contribution >= 0.6 is 11.6 Å². The van der Waals surface area contributed by atoms with E-state index in [-0.39, 0.29) is 6.61 Å². The smallest absolute Gasteiger partial charge is 0.400 e. The van der Waals surface area contributed by atoms with E-state index in [1.165, 1.54) is 0 Å². The Morgan fingerprint density at radius 1 is 1.35 bits per heavy atom. The number of imide groups is 1. The minimum Gasteiger partial charge on any atom is -0.460 e. The van der Waals surface area contributed by atoms with Crippen molar-refractivity contribution in [3.05, 3.63) is 34.9 Å². The van der Waals surface area contributed by atoms with Gasteiger partial charge in [0.05, 0.1) is 11.2 Å². The number of benzene rings is 1. The van der Waals surface area contributed by atoms with Gasteiger partial charge >= 0.3 is 23.9 Å². The highest BCUT2D eigenvalue weighted by Crippen LogP contribution is 2.28. The Bertz CT molecular complexity index is 690. The molecule has 1 aliphatic rings. The van der Waals surface area contributed by atoms with E-state index in [0.29, 0.717) is 10.6 Å². The third-order valence-electron chi connectivity index (χ3n) is 3.13. The number of amides is 2. The summed E-state index contributed by atoms with van der Waals surface area (Å²) in [5.41, 5.74) is 0.468. The molecule has 1 saturated heterocycles. The molecule has 2 unspecified atom stereocenters. The molecule has 1 aromatic carbocycles. The van der Waals surface area contributed by atoms with Gasteiger partial charge < -0.3 is 19.5 Å². The predicted molar refractivity (Wildman–Crippen MR) is 67.9 cm³/mol. The van der Waals surface area contributed by atoms with E-state index < -0.39 is 41.1 Å². The summed E-state index contributed by atoms with van der Waals surface area (Å²) in [6, 6.07) is 6.48. The predicted octanol–water partition coefficient (Wildman–Crippen LogP) is -0.0628. The molecule has 0 aliphatic carbocycles. The highest BCUT2D eigenvalue weighted by molar-refractivity contribution is 6.31. The summed E-state index contributed by atoms with van der Waals surface area (Å²) < 4.78 is 4.87. The van der Waals surface area contributed by atoms with Gasteiger partial charge in [0.15, 0.2) is 5.92 Å². The lowest BCUT2D eigenvalue weighted by Gasteiger charge is -2.20. The second-order valence-corrected chi connectivity index (χ2v) is 5.01. The lowest BCUT2D eigenvalue weighted by Crippen LogP contribution is -2.54. The van der Waals surface area contributed by atoms with Crippen molar-refractivity contribution in [1.29, 1.82) is 0 Å². The van der Waals surface area contributed by atoms with Crippen molar-refractivity contribution < 1.29 is 43.9 Å². The number of hydrogen-bond acceptors (Lipinski definition) is 8. The Hall–Kier alpha value is -2.49. The van der Waals surface area contributed by atoms with Crippen LogP contribution in [-0.4, -0.2) is 34.0 Å². The first-order chi connectivity index (χ1) is 10.8. The van der Waals surface area contributed by atoms with Crippen LogP contribution in [0.3, 0.4) is 0 Å². The second-order valence-electron chi connectivity index (χ2n) is 4.61. The second kappa shape index (κ2) is 6.32. The fourth-order valence-corrected chi connectivity index (χ4v) is 2.16. The third kappa shape index (κ3) is 3.31. The van der Waals surface area contributed by atoms with Crippen LogP contribution in [0.15, 0.2) is 24.3 Å². The van der Waals surface area contributed by atoms with Crippen LogP contribution in [0.2, 0.25) is 5.02 Å². The lowest BCUT2D eigenvalue weighted by atomic mass is 10.1. The molecule has 0 spiro atoms. The maximum absolute atomic E-state index is 11.9. The van der Waals surface area contributed by atoms with Gasteiger partial charge in [-0.2, -0.15) is 5.21 Å². The van der Waals surface area contributed by atoms with E-state index in [2.05, 4.69) is 4.84 Å². The Labute approximate surface area is 134 Å². The molecular weight excluding hydrogens is 334 g/mol. The van der Waals surface area contributed by atoms with Gasteiger partial charge in [-0.15, -0.1) is 0 Å². The molecule has 0 aromatic heterocycles. The largest absolute Gasteiger partial charge is 0.460 e. The van der Waals surface area contributed by atoms with Gasteiger partial charge in [0, 0.05) is 10.6 Å². The normalized spacial score (nSPS) is 23.7. The topological polar surface area (TPSA) is 130 Å². The van der Waals surface area contributed by atoms with E-state index in [0.717, 1.165) is 0 Å². The van der Waals surface area contributed by atoms with Crippen molar-refractivity contribution >= 4 is 35.5 Å². The van der Waals surface area contributed by atoms with Crippen LogP contribution in [0.1, 0.15) is 12.0 Å². The van der Waals surface area contributed by atoms with Crippen molar-refractivity contribution in [2.75, 3.05) is 0 Å². The van der Waals surface area contributed by atoms with Crippen molar-refractivity contribution in [3.8, 4) is 0 Å². The van der Waals surface area contributed by atoms with Gasteiger partial charge in [0.25, 0.3) is 0 Å². The summed E-state index contributed by atoms with van der Waals surface area (Å²) in [6.07, 6.45) is -3.05. The standard InChI is InChI=1S/C13H10ClNO8/c14-9-4-2-1-3-7(9)6-22-12(18)8-5-10(16)15(21,11(8)17)23-13(19)20/h1-4,8,21H,5-6H2. The van der Waals surface area contributed by atoms with Gasteiger partial charge in [0.1, 0.15) is 6.61 Å². The van der Waals surface area contributed by atoms with E-state index in [4.69, 9.17) is 16.3 Å². The van der Waals surface area contributed by atoms with E-state index in [1.54, 1.807) is 24.3 Å². The molecular formula is C13H10ClNO8. The first-order valence-electron chi connectivity index (χ1n) is 6.26. The van der Waals surface area contributed by atoms with Crippen LogP contribution in [0.4, 0.5) is 4.79 Å². The number of quaternary nitrogens is 1. The van der Waals surface area contributed by atoms with Crippen LogP contribution in [0.5, 0.6) is 0 Å². The molecule has 23 heavy (non-hydrogen) atoms. The lowest BCUT2D eigenvalue weighted by molar-refractivity contribution is -1.12. The Morgan fingerprint density at radius 3 is 2.61 bits per heavy atom. The van der Waals surface area contributed by atoms with Crippen molar-refractivity contribution in [2.24, 2.45) is 5.92 Å². The molecule has 1 aliphatic heterocycles. The van der Waals surface area contributed by atoms with Gasteiger partial charge in [-0.3, -0.25) is 4.79 Å². The molecule has 1 heterocycles. The molecule has 122 valence electrons. The zero-order valence-corrected chi connectivity index (χ0v) is 12.2. The van der Waals surface area contributed by atoms with Crippen LogP contribution < -0.4 is 5.11 Å². The number of halogens is 1. The fraction of sp³-hybridized carbons (Fsp3) is 0.231. The molecule has 1 N–H and O–H groups in total. The number of carboxylic acid groups (broad SMARTS) is 1. The number of esters is 1. The molecule has 0 saturated carbocycles. The number of nitrogens with zero attached hydrogens (tertiary/aromatic N) is 1.